The largest absolute Gasteiger partial charge is 0.389 e. The van der Waals surface area contributed by atoms with Crippen molar-refractivity contribution in [2.45, 2.75) is 12.5 Å². The van der Waals surface area contributed by atoms with Crippen LogP contribution in [0.25, 0.3) is 0 Å². The topological polar surface area (TPSA) is 68.0 Å². The van der Waals surface area contributed by atoms with Gasteiger partial charge in [-0.25, -0.2) is 0 Å². The highest BCUT2D eigenvalue weighted by atomic mass is 16.5. The third-order valence-corrected chi connectivity index (χ3v) is 2.01. The molecule has 3 N–H and O–H groups in total. The van der Waals surface area contributed by atoms with E-state index in [1.807, 2.05) is 7.05 Å². The molecule has 0 aliphatic rings. The highest BCUT2D eigenvalue weighted by Crippen LogP contribution is 1.92. The maximum absolute atomic E-state index is 9.58. The summed E-state index contributed by atoms with van der Waals surface area (Å²) in [6, 6.07) is 0. The summed E-state index contributed by atoms with van der Waals surface area (Å²) in [7, 11) is 3.59. The van der Waals surface area contributed by atoms with E-state index in [1.54, 1.807) is 7.11 Å². The van der Waals surface area contributed by atoms with Gasteiger partial charge in [0.25, 0.3) is 0 Å². The molecule has 0 aliphatic heterocycles. The van der Waals surface area contributed by atoms with Gasteiger partial charge in [-0.3, -0.25) is 0 Å². The molecule has 5 heteroatoms. The number of aliphatic hydroxyl groups excluding tert-OH is 1. The van der Waals surface area contributed by atoms with Crippen molar-refractivity contribution < 1.29 is 14.6 Å². The van der Waals surface area contributed by atoms with Gasteiger partial charge in [-0.2, -0.15) is 0 Å². The van der Waals surface area contributed by atoms with Gasteiger partial charge in [0, 0.05) is 13.7 Å². The fourth-order valence-electron chi connectivity index (χ4n) is 1.23. The molecule has 0 bridgehead atoms. The molecular weight excluding hydrogens is 196 g/mol. The van der Waals surface area contributed by atoms with Crippen molar-refractivity contribution in [3.05, 3.63) is 0 Å². The molecule has 92 valence electrons. The lowest BCUT2D eigenvalue weighted by Gasteiger charge is -2.20. The lowest BCUT2D eigenvalue weighted by atomic mass is 10.3. The maximum atomic E-state index is 9.58. The molecule has 0 spiro atoms. The minimum absolute atomic E-state index is 0.357. The summed E-state index contributed by atoms with van der Waals surface area (Å²) >= 11 is 0. The Morgan fingerprint density at radius 3 is 2.73 bits per heavy atom. The summed E-state index contributed by atoms with van der Waals surface area (Å²) in [6.07, 6.45) is 0.512. The maximum Gasteiger partial charge on any atom is 0.0900 e. The van der Waals surface area contributed by atoms with Crippen LogP contribution in [-0.4, -0.2) is 69.7 Å². The zero-order chi connectivity index (χ0) is 11.5. The number of methoxy groups -OCH3 is 1. The van der Waals surface area contributed by atoms with Gasteiger partial charge < -0.3 is 25.2 Å². The lowest BCUT2D eigenvalue weighted by Crippen LogP contribution is -2.33. The Labute approximate surface area is 92.1 Å². The average Bonchev–Trinajstić information content (AvgIpc) is 2.21. The Bertz CT molecular complexity index is 136. The van der Waals surface area contributed by atoms with Crippen LogP contribution >= 0.6 is 0 Å². The molecule has 0 aliphatic carbocycles. The predicted molar refractivity (Wildman–Crippen MR) is 59.9 cm³/mol. The van der Waals surface area contributed by atoms with E-state index in [0.717, 1.165) is 13.0 Å². The van der Waals surface area contributed by atoms with Crippen LogP contribution < -0.4 is 5.73 Å². The highest BCUT2D eigenvalue weighted by molar-refractivity contribution is 4.60. The summed E-state index contributed by atoms with van der Waals surface area (Å²) in [5.74, 6) is 0. The molecule has 0 aromatic heterocycles. The third kappa shape index (κ3) is 10.1. The Kier molecular flexibility index (Phi) is 10.2. The minimum atomic E-state index is -0.440. The first-order valence-corrected chi connectivity index (χ1v) is 5.34. The molecule has 15 heavy (non-hydrogen) atoms. The standard InChI is InChI=1S/C10H24N2O3/c1-12(5-3-4-11)8-10(13)9-15-7-6-14-2/h10,13H,3-9,11H2,1-2H3. The first kappa shape index (κ1) is 14.8. The molecule has 0 saturated heterocycles. The van der Waals surface area contributed by atoms with Crippen LogP contribution in [0.2, 0.25) is 0 Å². The molecule has 0 aromatic carbocycles. The molecule has 0 rings (SSSR count). The molecule has 0 heterocycles. The molecule has 0 saturated carbocycles. The van der Waals surface area contributed by atoms with Crippen molar-refractivity contribution in [3.63, 3.8) is 0 Å². The van der Waals surface area contributed by atoms with E-state index in [-0.39, 0.29) is 0 Å². The van der Waals surface area contributed by atoms with Crippen LogP contribution in [0.3, 0.4) is 0 Å². The first-order chi connectivity index (χ1) is 7.20. The molecule has 1 atom stereocenters. The molecule has 5 nitrogen and oxygen atoms in total. The number of likely N-dealkylation sites (N-methyl/N-ethyl adjacent to an activating group) is 1. The summed E-state index contributed by atoms with van der Waals surface area (Å²) in [5, 5.41) is 9.58. The van der Waals surface area contributed by atoms with Gasteiger partial charge in [0.2, 0.25) is 0 Å². The number of aliphatic hydroxyl groups is 1. The van der Waals surface area contributed by atoms with E-state index < -0.39 is 6.10 Å². The van der Waals surface area contributed by atoms with Gasteiger partial charge in [-0.15, -0.1) is 0 Å². The van der Waals surface area contributed by atoms with Crippen LogP contribution in [0.4, 0.5) is 0 Å². The predicted octanol–water partition coefficient (Wildman–Crippen LogP) is -0.709. The van der Waals surface area contributed by atoms with Crippen molar-refractivity contribution >= 4 is 0 Å². The number of rotatable bonds is 10. The van der Waals surface area contributed by atoms with Crippen molar-refractivity contribution in [3.8, 4) is 0 Å². The van der Waals surface area contributed by atoms with E-state index in [0.29, 0.717) is 32.9 Å². The molecule has 0 radical (unpaired) electrons. The number of hydrogen-bond donors (Lipinski definition) is 2. The lowest BCUT2D eigenvalue weighted by molar-refractivity contribution is 0.00237. The Morgan fingerprint density at radius 2 is 2.13 bits per heavy atom. The SMILES string of the molecule is COCCOCC(O)CN(C)CCCN. The van der Waals surface area contributed by atoms with Crippen LogP contribution in [-0.2, 0) is 9.47 Å². The number of hydrogen-bond acceptors (Lipinski definition) is 5. The van der Waals surface area contributed by atoms with Crippen molar-refractivity contribution in [1.82, 2.24) is 4.90 Å². The van der Waals surface area contributed by atoms with Gasteiger partial charge in [-0.05, 0) is 26.6 Å². The van der Waals surface area contributed by atoms with Crippen molar-refractivity contribution in [1.29, 1.82) is 0 Å². The summed E-state index contributed by atoms with van der Waals surface area (Å²) in [6.45, 7) is 3.66. The van der Waals surface area contributed by atoms with Crippen LogP contribution in [0, 0.1) is 0 Å². The number of nitrogens with two attached hydrogens (primary N) is 1. The van der Waals surface area contributed by atoms with Crippen molar-refractivity contribution in [2.75, 3.05) is 53.6 Å². The van der Waals surface area contributed by atoms with Gasteiger partial charge in [0.15, 0.2) is 0 Å². The second-order valence-electron chi connectivity index (χ2n) is 3.63. The quantitative estimate of drug-likeness (QED) is 0.476. The van der Waals surface area contributed by atoms with E-state index >= 15 is 0 Å². The van der Waals surface area contributed by atoms with E-state index in [9.17, 15) is 5.11 Å². The van der Waals surface area contributed by atoms with Gasteiger partial charge >= 0.3 is 0 Å². The molecule has 0 aromatic rings. The fourth-order valence-corrected chi connectivity index (χ4v) is 1.23. The normalized spacial score (nSPS) is 13.4. The van der Waals surface area contributed by atoms with Gasteiger partial charge in [0.1, 0.15) is 0 Å². The zero-order valence-corrected chi connectivity index (χ0v) is 9.82. The second-order valence-corrected chi connectivity index (χ2v) is 3.63. The van der Waals surface area contributed by atoms with Crippen LogP contribution in [0.5, 0.6) is 0 Å². The average molecular weight is 220 g/mol. The van der Waals surface area contributed by atoms with Gasteiger partial charge in [0.05, 0.1) is 25.9 Å². The highest BCUT2D eigenvalue weighted by Gasteiger charge is 2.07. The third-order valence-electron chi connectivity index (χ3n) is 2.01. The summed E-state index contributed by atoms with van der Waals surface area (Å²) < 4.78 is 10.0. The number of nitrogens with zero attached hydrogens (tertiary/aromatic N) is 1. The zero-order valence-electron chi connectivity index (χ0n) is 9.82. The number of ether oxygens (including phenoxy) is 2. The molecule has 0 amide bonds. The van der Waals surface area contributed by atoms with Crippen LogP contribution in [0.15, 0.2) is 0 Å². The Balaban J connectivity index is 3.33. The monoisotopic (exact) mass is 220 g/mol. The smallest absolute Gasteiger partial charge is 0.0900 e. The Morgan fingerprint density at radius 1 is 1.40 bits per heavy atom. The molecular formula is C10H24N2O3. The summed E-state index contributed by atoms with van der Waals surface area (Å²) in [5.41, 5.74) is 5.39. The first-order valence-electron chi connectivity index (χ1n) is 5.34. The van der Waals surface area contributed by atoms with E-state index in [4.69, 9.17) is 15.2 Å². The van der Waals surface area contributed by atoms with E-state index in [2.05, 4.69) is 4.90 Å². The molecule has 0 fully saturated rings. The van der Waals surface area contributed by atoms with E-state index in [1.165, 1.54) is 0 Å². The fraction of sp³-hybridized carbons (Fsp3) is 1.00. The second kappa shape index (κ2) is 10.3. The van der Waals surface area contributed by atoms with Crippen LogP contribution in [0.1, 0.15) is 6.42 Å². The molecule has 1 unspecified atom stereocenters. The minimum Gasteiger partial charge on any atom is -0.389 e. The van der Waals surface area contributed by atoms with Gasteiger partial charge in [-0.1, -0.05) is 0 Å². The van der Waals surface area contributed by atoms with Crippen molar-refractivity contribution in [2.24, 2.45) is 5.73 Å². The summed E-state index contributed by atoms with van der Waals surface area (Å²) in [4.78, 5) is 2.05. The Hall–Kier alpha value is -0.200.